The monoisotopic (exact) mass is 434 g/mol. The Bertz CT molecular complexity index is 1030. The third-order valence-electron chi connectivity index (χ3n) is 4.26. The highest BCUT2D eigenvalue weighted by atomic mass is 19.4. The molecule has 0 spiro atoms. The molecule has 0 aliphatic carbocycles. The number of benzene rings is 2. The van der Waals surface area contributed by atoms with Crippen molar-refractivity contribution in [3.63, 3.8) is 0 Å². The second kappa shape index (κ2) is 8.99. The maximum absolute atomic E-state index is 12.7. The predicted molar refractivity (Wildman–Crippen MR) is 111 cm³/mol. The van der Waals surface area contributed by atoms with E-state index in [0.29, 0.717) is 40.1 Å². The molecule has 0 radical (unpaired) electrons. The van der Waals surface area contributed by atoms with E-state index in [4.69, 9.17) is 14.2 Å². The molecule has 0 saturated carbocycles. The Hall–Kier alpha value is -3.69. The number of hydrogen-bond acceptors (Lipinski definition) is 7. The van der Waals surface area contributed by atoms with Crippen LogP contribution in [0.5, 0.6) is 17.2 Å². The highest BCUT2D eigenvalue weighted by Crippen LogP contribution is 2.40. The Morgan fingerprint density at radius 1 is 0.774 bits per heavy atom. The van der Waals surface area contributed by atoms with Crippen LogP contribution in [0.15, 0.2) is 42.5 Å². The third-order valence-corrected chi connectivity index (χ3v) is 4.26. The summed E-state index contributed by atoms with van der Waals surface area (Å²) in [6.45, 7) is 1.78. The number of rotatable bonds is 7. The summed E-state index contributed by atoms with van der Waals surface area (Å²) in [5.74, 6) is 2.10. The zero-order valence-corrected chi connectivity index (χ0v) is 17.3. The molecule has 1 aromatic heterocycles. The van der Waals surface area contributed by atoms with Crippen LogP contribution in [0.4, 0.5) is 36.3 Å². The van der Waals surface area contributed by atoms with Gasteiger partial charge in [-0.1, -0.05) is 0 Å². The molecule has 7 nitrogen and oxygen atoms in total. The van der Waals surface area contributed by atoms with Gasteiger partial charge in [-0.05, 0) is 31.2 Å². The van der Waals surface area contributed by atoms with Crippen molar-refractivity contribution in [1.29, 1.82) is 0 Å². The minimum atomic E-state index is -4.39. The van der Waals surface area contributed by atoms with Gasteiger partial charge in [0, 0.05) is 35.3 Å². The first-order valence-corrected chi connectivity index (χ1v) is 9.10. The number of ether oxygens (including phenoxy) is 3. The lowest BCUT2D eigenvalue weighted by Crippen LogP contribution is -2.05. The topological polar surface area (TPSA) is 77.5 Å². The first kappa shape index (κ1) is 22.0. The summed E-state index contributed by atoms with van der Waals surface area (Å²) in [5.41, 5.74) is 0.984. The van der Waals surface area contributed by atoms with Crippen LogP contribution in [0.2, 0.25) is 0 Å². The summed E-state index contributed by atoms with van der Waals surface area (Å²) >= 11 is 0. The number of aryl methyl sites for hydroxylation is 1. The molecule has 0 bridgehead atoms. The van der Waals surface area contributed by atoms with Crippen molar-refractivity contribution in [1.82, 2.24) is 9.97 Å². The van der Waals surface area contributed by atoms with Gasteiger partial charge in [0.05, 0.1) is 26.9 Å². The number of alkyl halides is 3. The van der Waals surface area contributed by atoms with Crippen LogP contribution >= 0.6 is 0 Å². The highest BCUT2D eigenvalue weighted by molar-refractivity contribution is 5.67. The van der Waals surface area contributed by atoms with Crippen LogP contribution < -0.4 is 24.8 Å². The first-order chi connectivity index (χ1) is 14.7. The molecule has 0 atom stereocenters. The Morgan fingerprint density at radius 3 is 1.90 bits per heavy atom. The molecule has 0 aliphatic rings. The van der Waals surface area contributed by atoms with Crippen molar-refractivity contribution in [2.75, 3.05) is 32.0 Å². The molecule has 0 fully saturated rings. The van der Waals surface area contributed by atoms with Gasteiger partial charge in [-0.25, -0.2) is 4.98 Å². The summed E-state index contributed by atoms with van der Waals surface area (Å²) < 4.78 is 54.2. The summed E-state index contributed by atoms with van der Waals surface area (Å²) in [5, 5.41) is 6.06. The van der Waals surface area contributed by atoms with Gasteiger partial charge in [0.15, 0.2) is 11.5 Å². The Balaban J connectivity index is 1.85. The third kappa shape index (κ3) is 5.27. The normalized spacial score (nSPS) is 11.1. The maximum atomic E-state index is 12.7. The first-order valence-electron chi connectivity index (χ1n) is 9.10. The maximum Gasteiger partial charge on any atom is 0.416 e. The second-order valence-corrected chi connectivity index (χ2v) is 6.46. The van der Waals surface area contributed by atoms with Crippen LogP contribution in [0.1, 0.15) is 11.3 Å². The number of nitrogens with zero attached hydrogens (tertiary/aromatic N) is 2. The smallest absolute Gasteiger partial charge is 0.416 e. The van der Waals surface area contributed by atoms with Gasteiger partial charge in [-0.2, -0.15) is 18.2 Å². The largest absolute Gasteiger partial charge is 0.493 e. The number of nitrogens with one attached hydrogen (secondary N) is 2. The fourth-order valence-electron chi connectivity index (χ4n) is 2.86. The standard InChI is InChI=1S/C21H21F3N4O3/c1-12-9-18(26-15-10-16(29-2)19(31-4)17(11-15)30-3)28-20(25-12)27-14-7-5-13(6-8-14)21(22,23)24/h5-11H,1-4H3,(H2,25,26,27,28). The fourth-order valence-corrected chi connectivity index (χ4v) is 2.86. The SMILES string of the molecule is COc1cc(Nc2cc(C)nc(Nc3ccc(C(F)(F)F)cc3)n2)cc(OC)c1OC. The van der Waals surface area contributed by atoms with Crippen LogP contribution in [0.3, 0.4) is 0 Å². The quantitative estimate of drug-likeness (QED) is 0.521. The molecular formula is C21H21F3N4O3. The molecule has 0 amide bonds. The number of methoxy groups -OCH3 is 3. The lowest BCUT2D eigenvalue weighted by molar-refractivity contribution is -0.137. The van der Waals surface area contributed by atoms with E-state index in [9.17, 15) is 13.2 Å². The molecular weight excluding hydrogens is 413 g/mol. The van der Waals surface area contributed by atoms with E-state index in [2.05, 4.69) is 20.6 Å². The van der Waals surface area contributed by atoms with E-state index in [1.807, 2.05) is 0 Å². The molecule has 3 rings (SSSR count). The summed E-state index contributed by atoms with van der Waals surface area (Å²) in [7, 11) is 4.55. The predicted octanol–water partition coefficient (Wildman–Crippen LogP) is 5.32. The molecule has 0 unspecified atom stereocenters. The van der Waals surface area contributed by atoms with Crippen molar-refractivity contribution in [3.8, 4) is 17.2 Å². The number of aromatic nitrogens is 2. The molecule has 164 valence electrons. The van der Waals surface area contributed by atoms with Crippen molar-refractivity contribution in [2.45, 2.75) is 13.1 Å². The number of anilines is 4. The van der Waals surface area contributed by atoms with Crippen LogP contribution in [-0.2, 0) is 6.18 Å². The van der Waals surface area contributed by atoms with Gasteiger partial charge in [0.2, 0.25) is 11.7 Å². The van der Waals surface area contributed by atoms with Crippen molar-refractivity contribution in [3.05, 3.63) is 53.7 Å². The average Bonchev–Trinajstić information content (AvgIpc) is 2.72. The van der Waals surface area contributed by atoms with Gasteiger partial charge < -0.3 is 24.8 Å². The Morgan fingerprint density at radius 2 is 1.39 bits per heavy atom. The fraction of sp³-hybridized carbons (Fsp3) is 0.238. The van der Waals surface area contributed by atoms with Gasteiger partial charge >= 0.3 is 6.18 Å². The van der Waals surface area contributed by atoms with E-state index in [-0.39, 0.29) is 5.95 Å². The summed E-state index contributed by atoms with van der Waals surface area (Å²) in [4.78, 5) is 8.66. The highest BCUT2D eigenvalue weighted by Gasteiger charge is 2.29. The van der Waals surface area contributed by atoms with Gasteiger partial charge in [0.25, 0.3) is 0 Å². The minimum absolute atomic E-state index is 0.231. The van der Waals surface area contributed by atoms with Crippen LogP contribution in [0.25, 0.3) is 0 Å². The molecule has 1 heterocycles. The number of halogens is 3. The van der Waals surface area contributed by atoms with Gasteiger partial charge in [0.1, 0.15) is 5.82 Å². The average molecular weight is 434 g/mol. The van der Waals surface area contributed by atoms with E-state index in [0.717, 1.165) is 12.1 Å². The van der Waals surface area contributed by atoms with Gasteiger partial charge in [-0.3, -0.25) is 0 Å². The Kier molecular flexibility index (Phi) is 6.38. The Labute approximate surface area is 177 Å². The van der Waals surface area contributed by atoms with E-state index < -0.39 is 11.7 Å². The minimum Gasteiger partial charge on any atom is -0.493 e. The number of hydrogen-bond donors (Lipinski definition) is 2. The molecule has 2 aromatic carbocycles. The lowest BCUT2D eigenvalue weighted by Gasteiger charge is -2.15. The zero-order chi connectivity index (χ0) is 22.6. The van der Waals surface area contributed by atoms with E-state index >= 15 is 0 Å². The van der Waals surface area contributed by atoms with Gasteiger partial charge in [-0.15, -0.1) is 0 Å². The molecule has 10 heteroatoms. The summed E-state index contributed by atoms with van der Waals surface area (Å²) in [6, 6.07) is 9.80. The van der Waals surface area contributed by atoms with E-state index in [1.54, 1.807) is 25.1 Å². The van der Waals surface area contributed by atoms with E-state index in [1.165, 1.54) is 33.5 Å². The van der Waals surface area contributed by atoms with Crippen molar-refractivity contribution < 1.29 is 27.4 Å². The molecule has 0 saturated heterocycles. The molecule has 2 N–H and O–H groups in total. The van der Waals surface area contributed by atoms with Crippen molar-refractivity contribution >= 4 is 23.1 Å². The molecule has 3 aromatic rings. The molecule has 0 aliphatic heterocycles. The van der Waals surface area contributed by atoms with Crippen molar-refractivity contribution in [2.24, 2.45) is 0 Å². The molecule has 31 heavy (non-hydrogen) atoms. The van der Waals surface area contributed by atoms with Crippen LogP contribution in [0, 0.1) is 6.92 Å². The lowest BCUT2D eigenvalue weighted by atomic mass is 10.2. The van der Waals surface area contributed by atoms with Crippen LogP contribution in [-0.4, -0.2) is 31.3 Å². The second-order valence-electron chi connectivity index (χ2n) is 6.46. The zero-order valence-electron chi connectivity index (χ0n) is 17.3. The summed E-state index contributed by atoms with van der Waals surface area (Å²) in [6.07, 6.45) is -4.39.